The highest BCUT2D eigenvalue weighted by Gasteiger charge is 2.59. The number of aryl methyl sites for hydroxylation is 1. The lowest BCUT2D eigenvalue weighted by molar-refractivity contribution is -0.173. The molecule has 1 fully saturated rings. The highest BCUT2D eigenvalue weighted by Crippen LogP contribution is 2.57. The van der Waals surface area contributed by atoms with Crippen LogP contribution in [0.15, 0.2) is 30.4 Å². The summed E-state index contributed by atoms with van der Waals surface area (Å²) in [5, 5.41) is 32.0. The minimum atomic E-state index is -1.17. The number of hydrogen-bond acceptors (Lipinski definition) is 3. The number of rotatable bonds is 2. The normalized spacial score (nSPS) is 40.0. The molecule has 2 aliphatic carbocycles. The van der Waals surface area contributed by atoms with Crippen LogP contribution in [0.1, 0.15) is 57.6 Å². The van der Waals surface area contributed by atoms with E-state index in [1.807, 2.05) is 25.1 Å². The van der Waals surface area contributed by atoms with Crippen molar-refractivity contribution in [2.24, 2.45) is 5.92 Å². The molecule has 23 heavy (non-hydrogen) atoms. The highest BCUT2D eigenvalue weighted by molar-refractivity contribution is 5.44. The summed E-state index contributed by atoms with van der Waals surface area (Å²) < 4.78 is 0. The van der Waals surface area contributed by atoms with Crippen molar-refractivity contribution in [2.45, 2.75) is 69.5 Å². The molecule has 1 aromatic carbocycles. The number of benzene rings is 1. The summed E-state index contributed by atoms with van der Waals surface area (Å²) in [7, 11) is 0. The minimum Gasteiger partial charge on any atom is -0.508 e. The van der Waals surface area contributed by atoms with Crippen molar-refractivity contribution in [2.75, 3.05) is 0 Å². The molecule has 0 heterocycles. The predicted molar refractivity (Wildman–Crippen MR) is 91.5 cm³/mol. The van der Waals surface area contributed by atoms with E-state index in [4.69, 9.17) is 0 Å². The minimum absolute atomic E-state index is 0.126. The molecule has 3 nitrogen and oxygen atoms in total. The molecule has 1 saturated carbocycles. The van der Waals surface area contributed by atoms with Crippen molar-refractivity contribution in [1.82, 2.24) is 0 Å². The van der Waals surface area contributed by atoms with E-state index >= 15 is 0 Å². The summed E-state index contributed by atoms with van der Waals surface area (Å²) >= 11 is 0. The SMILES string of the molecule is CC=CC1(O)CC2CCc3cc(O)ccc3C2(CC)CC1(C)O. The van der Waals surface area contributed by atoms with Crippen LogP contribution < -0.4 is 0 Å². The second-order valence-electron chi connectivity index (χ2n) is 7.67. The predicted octanol–water partition coefficient (Wildman–Crippen LogP) is 3.45. The quantitative estimate of drug-likeness (QED) is 0.732. The second-order valence-corrected chi connectivity index (χ2v) is 7.67. The van der Waals surface area contributed by atoms with Gasteiger partial charge in [0.15, 0.2) is 0 Å². The van der Waals surface area contributed by atoms with Crippen LogP contribution >= 0.6 is 0 Å². The van der Waals surface area contributed by atoms with Gasteiger partial charge in [-0.15, -0.1) is 0 Å². The van der Waals surface area contributed by atoms with Crippen molar-refractivity contribution in [3.63, 3.8) is 0 Å². The highest BCUT2D eigenvalue weighted by atomic mass is 16.4. The Bertz CT molecular complexity index is 634. The molecule has 3 rings (SSSR count). The van der Waals surface area contributed by atoms with Gasteiger partial charge in [0.1, 0.15) is 11.4 Å². The molecule has 0 spiro atoms. The Kier molecular flexibility index (Phi) is 3.85. The van der Waals surface area contributed by atoms with E-state index < -0.39 is 11.2 Å². The third kappa shape index (κ3) is 2.33. The lowest BCUT2D eigenvalue weighted by Gasteiger charge is -2.58. The van der Waals surface area contributed by atoms with Gasteiger partial charge in [0.2, 0.25) is 0 Å². The van der Waals surface area contributed by atoms with Crippen LogP contribution in [0, 0.1) is 5.92 Å². The monoisotopic (exact) mass is 316 g/mol. The number of phenolic OH excluding ortho intramolecular Hbond substituents is 1. The van der Waals surface area contributed by atoms with Crippen LogP contribution in [0.25, 0.3) is 0 Å². The summed E-state index contributed by atoms with van der Waals surface area (Å²) in [6.07, 6.45) is 7.56. The molecule has 126 valence electrons. The molecule has 4 unspecified atom stereocenters. The van der Waals surface area contributed by atoms with Gasteiger partial charge in [0, 0.05) is 5.41 Å². The van der Waals surface area contributed by atoms with Crippen LogP contribution in [0.3, 0.4) is 0 Å². The zero-order valence-electron chi connectivity index (χ0n) is 14.3. The van der Waals surface area contributed by atoms with E-state index in [2.05, 4.69) is 6.92 Å². The van der Waals surface area contributed by atoms with Crippen molar-refractivity contribution >= 4 is 0 Å². The first-order chi connectivity index (χ1) is 10.8. The van der Waals surface area contributed by atoms with Crippen LogP contribution in [0.4, 0.5) is 0 Å². The van der Waals surface area contributed by atoms with Gasteiger partial charge in [-0.3, -0.25) is 0 Å². The van der Waals surface area contributed by atoms with Crippen molar-refractivity contribution in [1.29, 1.82) is 0 Å². The Labute approximate surface area is 138 Å². The van der Waals surface area contributed by atoms with E-state index in [1.54, 1.807) is 19.1 Å². The standard InChI is InChI=1S/C20H28O3/c1-4-10-20(23)12-15-7-6-14-11-16(21)8-9-17(14)19(15,5-2)13-18(20,3)22/h4,8-11,15,21-23H,5-7,12-13H2,1-3H3. The van der Waals surface area contributed by atoms with Gasteiger partial charge in [-0.05, 0) is 75.1 Å². The Balaban J connectivity index is 2.12. The van der Waals surface area contributed by atoms with E-state index in [-0.39, 0.29) is 5.41 Å². The fourth-order valence-electron chi connectivity index (χ4n) is 5.13. The Hall–Kier alpha value is -1.32. The smallest absolute Gasteiger partial charge is 0.115 e. The van der Waals surface area contributed by atoms with Gasteiger partial charge in [0.25, 0.3) is 0 Å². The third-order valence-corrected chi connectivity index (χ3v) is 6.39. The van der Waals surface area contributed by atoms with Crippen LogP contribution in [-0.4, -0.2) is 26.5 Å². The first-order valence-electron chi connectivity index (χ1n) is 8.69. The molecule has 0 saturated heterocycles. The van der Waals surface area contributed by atoms with E-state index in [1.165, 1.54) is 11.1 Å². The maximum Gasteiger partial charge on any atom is 0.115 e. The van der Waals surface area contributed by atoms with Crippen LogP contribution in [0.5, 0.6) is 5.75 Å². The molecule has 2 aliphatic rings. The van der Waals surface area contributed by atoms with Crippen LogP contribution in [0.2, 0.25) is 0 Å². The molecule has 0 bridgehead atoms. The summed E-state index contributed by atoms with van der Waals surface area (Å²) in [5.74, 6) is 0.646. The first kappa shape index (κ1) is 16.5. The Morgan fingerprint density at radius 2 is 2.04 bits per heavy atom. The average molecular weight is 316 g/mol. The number of hydrogen-bond donors (Lipinski definition) is 3. The van der Waals surface area contributed by atoms with E-state index in [9.17, 15) is 15.3 Å². The topological polar surface area (TPSA) is 60.7 Å². The number of fused-ring (bicyclic) bond motifs is 3. The molecule has 0 aliphatic heterocycles. The lowest BCUT2D eigenvalue weighted by atomic mass is 9.49. The van der Waals surface area contributed by atoms with Gasteiger partial charge in [-0.2, -0.15) is 0 Å². The number of aromatic hydroxyl groups is 1. The Morgan fingerprint density at radius 1 is 1.30 bits per heavy atom. The van der Waals surface area contributed by atoms with Gasteiger partial charge < -0.3 is 15.3 Å². The van der Waals surface area contributed by atoms with Gasteiger partial charge >= 0.3 is 0 Å². The van der Waals surface area contributed by atoms with Crippen molar-refractivity contribution in [3.05, 3.63) is 41.5 Å². The number of aliphatic hydroxyl groups is 2. The van der Waals surface area contributed by atoms with Crippen LogP contribution in [-0.2, 0) is 11.8 Å². The second kappa shape index (κ2) is 5.35. The summed E-state index contributed by atoms with van der Waals surface area (Å²) in [5.41, 5.74) is -0.0244. The molecular formula is C20H28O3. The summed E-state index contributed by atoms with van der Waals surface area (Å²) in [6, 6.07) is 5.64. The zero-order chi connectivity index (χ0) is 16.9. The largest absolute Gasteiger partial charge is 0.508 e. The molecule has 0 aromatic heterocycles. The van der Waals surface area contributed by atoms with Gasteiger partial charge in [0.05, 0.1) is 5.60 Å². The molecule has 0 amide bonds. The first-order valence-corrected chi connectivity index (χ1v) is 8.69. The van der Waals surface area contributed by atoms with E-state index in [0.29, 0.717) is 24.5 Å². The molecule has 3 heteroatoms. The number of phenols is 1. The lowest BCUT2D eigenvalue weighted by Crippen LogP contribution is -2.63. The van der Waals surface area contributed by atoms with Crippen molar-refractivity contribution < 1.29 is 15.3 Å². The fourth-order valence-corrected chi connectivity index (χ4v) is 5.13. The number of allylic oxidation sites excluding steroid dienone is 1. The summed E-state index contributed by atoms with van der Waals surface area (Å²) in [4.78, 5) is 0. The maximum atomic E-state index is 11.1. The average Bonchev–Trinajstić information content (AvgIpc) is 2.48. The zero-order valence-corrected chi connectivity index (χ0v) is 14.3. The molecular weight excluding hydrogens is 288 g/mol. The molecule has 3 N–H and O–H groups in total. The van der Waals surface area contributed by atoms with Gasteiger partial charge in [-0.1, -0.05) is 25.1 Å². The fraction of sp³-hybridized carbons (Fsp3) is 0.600. The Morgan fingerprint density at radius 3 is 2.70 bits per heavy atom. The maximum absolute atomic E-state index is 11.1. The van der Waals surface area contributed by atoms with Gasteiger partial charge in [-0.25, -0.2) is 0 Å². The van der Waals surface area contributed by atoms with Crippen molar-refractivity contribution in [3.8, 4) is 5.75 Å². The summed E-state index contributed by atoms with van der Waals surface area (Å²) in [6.45, 7) is 5.81. The molecule has 0 radical (unpaired) electrons. The molecule has 1 aromatic rings. The molecule has 4 atom stereocenters. The van der Waals surface area contributed by atoms with E-state index in [0.717, 1.165) is 19.3 Å². The third-order valence-electron chi connectivity index (χ3n) is 6.39.